The van der Waals surface area contributed by atoms with E-state index in [2.05, 4.69) is 10.3 Å². The van der Waals surface area contributed by atoms with Crippen LogP contribution in [0.3, 0.4) is 0 Å². The second-order valence-corrected chi connectivity index (χ2v) is 2.03. The van der Waals surface area contributed by atoms with Crippen molar-refractivity contribution in [1.29, 1.82) is 0 Å². The average Bonchev–Trinajstić information content (AvgIpc) is 2.34. The Hall–Kier alpha value is -0.440. The van der Waals surface area contributed by atoms with Crippen LogP contribution >= 0.6 is 11.6 Å². The highest BCUT2D eigenvalue weighted by Crippen LogP contribution is 1.89. The van der Waals surface area contributed by atoms with Crippen LogP contribution in [-0.2, 0) is 4.74 Å². The van der Waals surface area contributed by atoms with Crippen molar-refractivity contribution in [3.8, 4) is 0 Å². The van der Waals surface area contributed by atoms with Gasteiger partial charge in [-0.3, -0.25) is 0 Å². The molecule has 0 unspecified atom stereocenters. The fraction of sp³-hybridized carbons (Fsp3) is 0.800. The Bertz CT molecular complexity index is 116. The van der Waals surface area contributed by atoms with E-state index in [0.717, 1.165) is 13.1 Å². The summed E-state index contributed by atoms with van der Waals surface area (Å²) in [4.78, 5) is 4.00. The van der Waals surface area contributed by atoms with Crippen LogP contribution in [0, 0.1) is 0 Å². The Morgan fingerprint density at radius 1 is 1.78 bits per heavy atom. The smallest absolute Gasteiger partial charge is 0.284 e. The number of rotatable bonds is 2. The first-order chi connectivity index (χ1) is 4.43. The van der Waals surface area contributed by atoms with Gasteiger partial charge in [-0.05, 0) is 0 Å². The minimum atomic E-state index is 0.586. The minimum Gasteiger partial charge on any atom is -0.463 e. The van der Waals surface area contributed by atoms with Gasteiger partial charge in [-0.1, -0.05) is 0 Å². The van der Waals surface area contributed by atoms with Crippen LogP contribution in [-0.4, -0.2) is 31.6 Å². The topological polar surface area (TPSA) is 33.6 Å². The van der Waals surface area contributed by atoms with Gasteiger partial charge in [-0.25, -0.2) is 4.99 Å². The van der Waals surface area contributed by atoms with Crippen LogP contribution in [0.25, 0.3) is 0 Å². The van der Waals surface area contributed by atoms with Crippen molar-refractivity contribution in [2.24, 2.45) is 4.99 Å². The van der Waals surface area contributed by atoms with Gasteiger partial charge in [0, 0.05) is 12.4 Å². The van der Waals surface area contributed by atoms with E-state index in [-0.39, 0.29) is 0 Å². The fourth-order valence-electron chi connectivity index (χ4n) is 0.596. The molecule has 0 fully saturated rings. The highest BCUT2D eigenvalue weighted by molar-refractivity contribution is 6.18. The molecule has 1 aliphatic rings. The first kappa shape index (κ1) is 6.68. The second kappa shape index (κ2) is 3.56. The molecule has 3 nitrogen and oxygen atoms in total. The molecule has 0 aromatic heterocycles. The second-order valence-electron chi connectivity index (χ2n) is 1.65. The van der Waals surface area contributed by atoms with Gasteiger partial charge in [0.1, 0.15) is 6.61 Å². The van der Waals surface area contributed by atoms with E-state index in [1.165, 1.54) is 0 Å². The maximum absolute atomic E-state index is 5.41. The van der Waals surface area contributed by atoms with Crippen molar-refractivity contribution in [1.82, 2.24) is 5.32 Å². The Morgan fingerprint density at radius 3 is 3.22 bits per heavy atom. The monoisotopic (exact) mass is 148 g/mol. The Morgan fingerprint density at radius 2 is 2.67 bits per heavy atom. The first-order valence-electron chi connectivity index (χ1n) is 2.90. The van der Waals surface area contributed by atoms with E-state index in [1.54, 1.807) is 0 Å². The minimum absolute atomic E-state index is 0.586. The number of alkyl halides is 1. The number of nitrogens with one attached hydrogen (secondary N) is 1. The number of aliphatic imine (C=N–C) groups is 1. The molecule has 0 atom stereocenters. The van der Waals surface area contributed by atoms with Crippen molar-refractivity contribution in [2.75, 3.05) is 25.6 Å². The molecule has 0 bridgehead atoms. The highest BCUT2D eigenvalue weighted by Gasteiger charge is 2.03. The molecule has 0 radical (unpaired) electrons. The van der Waals surface area contributed by atoms with Gasteiger partial charge >= 0.3 is 0 Å². The lowest BCUT2D eigenvalue weighted by Gasteiger charge is -2.00. The third-order valence-electron chi connectivity index (χ3n) is 0.956. The molecule has 4 heteroatoms. The SMILES string of the molecule is ClCCNC1=NCCO1. The molecule has 1 N–H and O–H groups in total. The largest absolute Gasteiger partial charge is 0.463 e. The van der Waals surface area contributed by atoms with Crippen molar-refractivity contribution in [3.63, 3.8) is 0 Å². The van der Waals surface area contributed by atoms with E-state index in [1.807, 2.05) is 0 Å². The number of hydrogen-bond donors (Lipinski definition) is 1. The van der Waals surface area contributed by atoms with Crippen LogP contribution in [0.4, 0.5) is 0 Å². The van der Waals surface area contributed by atoms with Crippen molar-refractivity contribution >= 4 is 17.6 Å². The Labute approximate surface area is 59.1 Å². The summed E-state index contributed by atoms with van der Waals surface area (Å²) in [5.41, 5.74) is 0. The lowest BCUT2D eigenvalue weighted by Crippen LogP contribution is -2.25. The van der Waals surface area contributed by atoms with Crippen LogP contribution in [0.1, 0.15) is 0 Å². The van der Waals surface area contributed by atoms with Gasteiger partial charge < -0.3 is 10.1 Å². The number of nitrogens with zero attached hydrogens (tertiary/aromatic N) is 1. The molecule has 52 valence electrons. The maximum Gasteiger partial charge on any atom is 0.284 e. The zero-order valence-electron chi connectivity index (χ0n) is 5.06. The average molecular weight is 149 g/mol. The molecular formula is C5H9ClN2O. The standard InChI is InChI=1S/C5H9ClN2O/c6-1-2-7-5-8-3-4-9-5/h1-4H2,(H,7,8). The van der Waals surface area contributed by atoms with Crippen LogP contribution in [0.5, 0.6) is 0 Å². The normalized spacial score (nSPS) is 16.8. The molecule has 0 amide bonds. The van der Waals surface area contributed by atoms with Crippen LogP contribution < -0.4 is 5.32 Å². The van der Waals surface area contributed by atoms with Gasteiger partial charge in [-0.2, -0.15) is 0 Å². The summed E-state index contributed by atoms with van der Waals surface area (Å²) in [6.07, 6.45) is 0. The molecule has 9 heavy (non-hydrogen) atoms. The van der Waals surface area contributed by atoms with Crippen molar-refractivity contribution < 1.29 is 4.74 Å². The number of hydrogen-bond acceptors (Lipinski definition) is 3. The third kappa shape index (κ3) is 2.10. The number of halogens is 1. The third-order valence-corrected chi connectivity index (χ3v) is 1.15. The van der Waals surface area contributed by atoms with Gasteiger partial charge in [0.15, 0.2) is 0 Å². The first-order valence-corrected chi connectivity index (χ1v) is 3.44. The van der Waals surface area contributed by atoms with Gasteiger partial charge in [0.2, 0.25) is 0 Å². The molecule has 0 saturated heterocycles. The molecule has 0 aromatic rings. The molecule has 0 spiro atoms. The number of ether oxygens (including phenoxy) is 1. The lowest BCUT2D eigenvalue weighted by atomic mass is 10.7. The van der Waals surface area contributed by atoms with E-state index >= 15 is 0 Å². The maximum atomic E-state index is 5.41. The molecule has 1 heterocycles. The Kier molecular flexibility index (Phi) is 2.64. The quantitative estimate of drug-likeness (QED) is 0.568. The summed E-state index contributed by atoms with van der Waals surface area (Å²) in [6, 6.07) is 0.635. The molecule has 0 aromatic carbocycles. The summed E-state index contributed by atoms with van der Waals surface area (Å²) < 4.78 is 5.04. The Balaban J connectivity index is 2.11. The summed E-state index contributed by atoms with van der Waals surface area (Å²) in [6.45, 7) is 2.19. The zero-order valence-corrected chi connectivity index (χ0v) is 5.82. The molecule has 1 aliphatic heterocycles. The molecule has 1 rings (SSSR count). The van der Waals surface area contributed by atoms with Crippen molar-refractivity contribution in [2.45, 2.75) is 0 Å². The van der Waals surface area contributed by atoms with Gasteiger partial charge in [0.25, 0.3) is 6.02 Å². The zero-order chi connectivity index (χ0) is 6.53. The van der Waals surface area contributed by atoms with E-state index in [0.29, 0.717) is 18.5 Å². The van der Waals surface area contributed by atoms with Crippen molar-refractivity contribution in [3.05, 3.63) is 0 Å². The fourth-order valence-corrected chi connectivity index (χ4v) is 0.691. The highest BCUT2D eigenvalue weighted by atomic mass is 35.5. The van der Waals surface area contributed by atoms with Gasteiger partial charge in [-0.15, -0.1) is 11.6 Å². The summed E-state index contributed by atoms with van der Waals surface area (Å²) in [5.74, 6) is 0.586. The van der Waals surface area contributed by atoms with Crippen LogP contribution in [0.15, 0.2) is 4.99 Å². The summed E-state index contributed by atoms with van der Waals surface area (Å²) in [7, 11) is 0. The van der Waals surface area contributed by atoms with E-state index in [4.69, 9.17) is 16.3 Å². The molecule has 0 saturated carbocycles. The lowest BCUT2D eigenvalue weighted by molar-refractivity contribution is 0.332. The van der Waals surface area contributed by atoms with E-state index < -0.39 is 0 Å². The number of amidine groups is 1. The van der Waals surface area contributed by atoms with E-state index in [9.17, 15) is 0 Å². The molecular weight excluding hydrogens is 140 g/mol. The van der Waals surface area contributed by atoms with Gasteiger partial charge in [0.05, 0.1) is 6.54 Å². The predicted molar refractivity (Wildman–Crippen MR) is 37.0 cm³/mol. The summed E-state index contributed by atoms with van der Waals surface area (Å²) >= 11 is 5.41. The van der Waals surface area contributed by atoms with Crippen LogP contribution in [0.2, 0.25) is 0 Å². The summed E-state index contributed by atoms with van der Waals surface area (Å²) in [5, 5.41) is 2.93. The molecule has 0 aliphatic carbocycles. The predicted octanol–water partition coefficient (Wildman–Crippen LogP) is 0.201.